The van der Waals surface area contributed by atoms with Crippen LogP contribution in [0.25, 0.3) is 83.9 Å². The second kappa shape index (κ2) is 12.2. The number of rotatable bonds is 6. The van der Waals surface area contributed by atoms with Gasteiger partial charge in [-0.1, -0.05) is 157 Å². The van der Waals surface area contributed by atoms with E-state index in [-0.39, 0.29) is 56.1 Å². The van der Waals surface area contributed by atoms with E-state index in [9.17, 15) is 2.74 Å². The van der Waals surface area contributed by atoms with E-state index < -0.39 is 78.6 Å². The molecule has 0 spiro atoms. The van der Waals surface area contributed by atoms with E-state index >= 15 is 0 Å². The molecule has 0 aliphatic carbocycles. The predicted octanol–water partition coefficient (Wildman–Crippen LogP) is 11.3. The van der Waals surface area contributed by atoms with Crippen molar-refractivity contribution in [3.63, 3.8) is 0 Å². The Morgan fingerprint density at radius 3 is 1.55 bits per heavy atom. The Morgan fingerprint density at radius 2 is 0.898 bits per heavy atom. The maximum Gasteiger partial charge on any atom is 0.166 e. The maximum atomic E-state index is 9.27. The molecule has 9 rings (SSSR count). The quantitative estimate of drug-likeness (QED) is 0.182. The lowest BCUT2D eigenvalue weighted by atomic mass is 9.93. The first-order chi connectivity index (χ1) is 29.7. The molecule has 0 unspecified atom stereocenters. The minimum absolute atomic E-state index is 0.0739. The van der Waals surface area contributed by atoms with E-state index in [0.29, 0.717) is 11.1 Å². The SMILES string of the molecule is [2H]c1c([2H])c([2H])c(-c2nc(-c3ccccc3)nc(-c3ccc(-c4ccccc4-c4ccccc4)cc3-n3c4c([2H])c([2H])c([2H])c([2H])c4c4c([2H])c([2H])c([2H])c([2H])c43)n2)c([2H])c1[2H]. The first-order valence-electron chi connectivity index (χ1n) is 21.9. The molecule has 7 aromatic carbocycles. The van der Waals surface area contributed by atoms with Gasteiger partial charge in [0.05, 0.1) is 34.5 Å². The van der Waals surface area contributed by atoms with Crippen LogP contribution >= 0.6 is 0 Å². The van der Waals surface area contributed by atoms with Crippen LogP contribution in [0.3, 0.4) is 0 Å². The van der Waals surface area contributed by atoms with Crippen molar-refractivity contribution in [2.24, 2.45) is 0 Å². The molecule has 0 saturated carbocycles. The fourth-order valence-electron chi connectivity index (χ4n) is 6.03. The number of hydrogen-bond donors (Lipinski definition) is 0. The van der Waals surface area contributed by atoms with Crippen molar-refractivity contribution in [2.75, 3.05) is 0 Å². The van der Waals surface area contributed by atoms with Gasteiger partial charge in [0.25, 0.3) is 0 Å². The van der Waals surface area contributed by atoms with Gasteiger partial charge in [0.1, 0.15) is 0 Å². The Kier molecular flexibility index (Phi) is 4.48. The lowest BCUT2D eigenvalue weighted by Gasteiger charge is -2.17. The summed E-state index contributed by atoms with van der Waals surface area (Å²) in [6, 6.07) is 24.0. The van der Waals surface area contributed by atoms with Gasteiger partial charge in [-0.05, 0) is 46.5 Å². The van der Waals surface area contributed by atoms with Crippen LogP contribution in [-0.2, 0) is 0 Å². The molecule has 2 heterocycles. The van der Waals surface area contributed by atoms with Crippen LogP contribution < -0.4 is 0 Å². The van der Waals surface area contributed by atoms with Crippen molar-refractivity contribution in [1.29, 1.82) is 0 Å². The van der Waals surface area contributed by atoms with E-state index in [1.54, 1.807) is 48.5 Å². The van der Waals surface area contributed by atoms with Gasteiger partial charge in [0.15, 0.2) is 17.5 Å². The molecule has 0 saturated heterocycles. The molecule has 2 aromatic heterocycles. The van der Waals surface area contributed by atoms with Crippen LogP contribution in [-0.4, -0.2) is 19.5 Å². The third kappa shape index (κ3) is 5.16. The summed E-state index contributed by atoms with van der Waals surface area (Å²) < 4.78 is 115. The van der Waals surface area contributed by atoms with E-state index in [0.717, 1.165) is 16.7 Å². The van der Waals surface area contributed by atoms with Crippen LogP contribution in [0.15, 0.2) is 182 Å². The van der Waals surface area contributed by atoms with Crippen LogP contribution in [0, 0.1) is 0 Å². The number of fused-ring (bicyclic) bond motifs is 3. The summed E-state index contributed by atoms with van der Waals surface area (Å²) in [7, 11) is 0. The lowest BCUT2D eigenvalue weighted by molar-refractivity contribution is 1.06. The lowest BCUT2D eigenvalue weighted by Crippen LogP contribution is -2.04. The molecule has 0 radical (unpaired) electrons. The first-order valence-corrected chi connectivity index (χ1v) is 15.4. The highest BCUT2D eigenvalue weighted by Gasteiger charge is 2.20. The maximum absolute atomic E-state index is 9.27. The summed E-state index contributed by atoms with van der Waals surface area (Å²) in [4.78, 5) is 14.3. The molecule has 9 aromatic rings. The van der Waals surface area contributed by atoms with E-state index in [1.807, 2.05) is 54.6 Å². The molecule has 0 atom stereocenters. The fourth-order valence-corrected chi connectivity index (χ4v) is 6.03. The molecule has 0 amide bonds. The number of aromatic nitrogens is 4. The molecular weight excluding hydrogens is 597 g/mol. The van der Waals surface area contributed by atoms with Crippen molar-refractivity contribution in [3.05, 3.63) is 182 Å². The molecule has 0 aliphatic heterocycles. The molecule has 4 nitrogen and oxygen atoms in total. The smallest absolute Gasteiger partial charge is 0.166 e. The minimum atomic E-state index is -0.601. The Balaban J connectivity index is 1.47. The number of nitrogens with zero attached hydrogens (tertiary/aromatic N) is 4. The van der Waals surface area contributed by atoms with Gasteiger partial charge in [-0.25, -0.2) is 15.0 Å². The van der Waals surface area contributed by atoms with E-state index in [4.69, 9.17) is 25.0 Å². The third-order valence-electron chi connectivity index (χ3n) is 8.23. The zero-order chi connectivity index (χ0) is 43.9. The summed E-state index contributed by atoms with van der Waals surface area (Å²) in [5.74, 6) is -0.246. The van der Waals surface area contributed by atoms with Crippen LogP contribution in [0.5, 0.6) is 0 Å². The normalized spacial score (nSPS) is 15.0. The van der Waals surface area contributed by atoms with Crippen molar-refractivity contribution in [3.8, 4) is 62.1 Å². The average molecular weight is 640 g/mol. The zero-order valence-corrected chi connectivity index (χ0v) is 25.6. The number of benzene rings is 7. The standard InChI is InChI=1S/C45H30N4/c1-4-16-31(17-5-1)35-22-10-11-23-36(35)34-28-29-39(42(30-34)49-40-26-14-12-24-37(40)38-25-13-15-27-41(38)49)45-47-43(32-18-6-2-7-19-32)46-44(48-45)33-20-8-3-9-21-33/h1-30H/i2D,6D,7D,12D,13D,14D,15D,18D,19D,24D,25D,26D,27D. The Hall–Kier alpha value is -6.65. The molecule has 0 fully saturated rings. The zero-order valence-electron chi connectivity index (χ0n) is 38.6. The van der Waals surface area contributed by atoms with E-state index in [1.165, 1.54) is 4.57 Å². The monoisotopic (exact) mass is 639 g/mol. The molecule has 230 valence electrons. The molecular formula is C45H30N4. The second-order valence-electron chi connectivity index (χ2n) is 11.1. The van der Waals surface area contributed by atoms with Gasteiger partial charge >= 0.3 is 0 Å². The summed E-state index contributed by atoms with van der Waals surface area (Å²) in [5.41, 5.74) is 3.43. The van der Waals surface area contributed by atoms with Gasteiger partial charge in [-0.3, -0.25) is 0 Å². The Labute approximate surface area is 302 Å². The second-order valence-corrected chi connectivity index (χ2v) is 11.1. The molecule has 0 N–H and O–H groups in total. The van der Waals surface area contributed by atoms with Crippen LogP contribution in [0.2, 0.25) is 0 Å². The fraction of sp³-hybridized carbons (Fsp3) is 0. The van der Waals surface area contributed by atoms with Gasteiger partial charge in [-0.15, -0.1) is 0 Å². The molecule has 4 heteroatoms. The van der Waals surface area contributed by atoms with Crippen molar-refractivity contribution < 1.29 is 17.8 Å². The third-order valence-corrected chi connectivity index (χ3v) is 8.23. The Morgan fingerprint density at radius 1 is 0.388 bits per heavy atom. The van der Waals surface area contributed by atoms with Crippen LogP contribution in [0.1, 0.15) is 17.8 Å². The highest BCUT2D eigenvalue weighted by Crippen LogP contribution is 2.40. The summed E-state index contributed by atoms with van der Waals surface area (Å²) in [6.07, 6.45) is 0. The van der Waals surface area contributed by atoms with Crippen molar-refractivity contribution >= 4 is 21.8 Å². The highest BCUT2D eigenvalue weighted by atomic mass is 15.1. The van der Waals surface area contributed by atoms with Gasteiger partial charge < -0.3 is 4.57 Å². The van der Waals surface area contributed by atoms with Crippen molar-refractivity contribution in [1.82, 2.24) is 19.5 Å². The number of hydrogen-bond acceptors (Lipinski definition) is 3. The van der Waals surface area contributed by atoms with E-state index in [2.05, 4.69) is 4.98 Å². The predicted molar refractivity (Wildman–Crippen MR) is 201 cm³/mol. The topological polar surface area (TPSA) is 43.6 Å². The van der Waals surface area contributed by atoms with Gasteiger partial charge in [0, 0.05) is 27.5 Å². The van der Waals surface area contributed by atoms with Crippen LogP contribution in [0.4, 0.5) is 0 Å². The summed E-state index contributed by atoms with van der Waals surface area (Å²) >= 11 is 0. The summed E-state index contributed by atoms with van der Waals surface area (Å²) in [6.45, 7) is 0. The molecule has 49 heavy (non-hydrogen) atoms. The number of para-hydroxylation sites is 2. The highest BCUT2D eigenvalue weighted by molar-refractivity contribution is 6.09. The van der Waals surface area contributed by atoms with Gasteiger partial charge in [-0.2, -0.15) is 0 Å². The first kappa shape index (κ1) is 18.0. The molecule has 0 aliphatic rings. The summed E-state index contributed by atoms with van der Waals surface area (Å²) in [5, 5.41) is -0.251. The average Bonchev–Trinajstić information content (AvgIpc) is 3.67. The van der Waals surface area contributed by atoms with Gasteiger partial charge in [0.2, 0.25) is 0 Å². The minimum Gasteiger partial charge on any atom is -0.308 e. The largest absolute Gasteiger partial charge is 0.308 e. The van der Waals surface area contributed by atoms with Crippen molar-refractivity contribution in [2.45, 2.75) is 0 Å². The Bertz CT molecular complexity index is 3230. The molecule has 0 bridgehead atoms.